The third kappa shape index (κ3) is 9.99. The van der Waals surface area contributed by atoms with Gasteiger partial charge in [-0.2, -0.15) is 0 Å². The van der Waals surface area contributed by atoms with Crippen molar-refractivity contribution in [3.05, 3.63) is 11.6 Å². The first-order chi connectivity index (χ1) is 4.81. The van der Waals surface area contributed by atoms with E-state index >= 15 is 0 Å². The Kier molecular flexibility index (Phi) is 12.3. The van der Waals surface area contributed by atoms with Gasteiger partial charge in [-0.15, -0.1) is 12.4 Å². The van der Waals surface area contributed by atoms with Crippen LogP contribution in [0.2, 0.25) is 0 Å². The zero-order chi connectivity index (χ0) is 7.82. The van der Waals surface area contributed by atoms with Gasteiger partial charge in [-0.3, -0.25) is 0 Å². The molecule has 0 aliphatic heterocycles. The maximum absolute atomic E-state index is 3.37. The topological polar surface area (TPSA) is 12.0 Å². The molecule has 1 nitrogen and oxygen atoms in total. The Morgan fingerprint density at radius 1 is 1.45 bits per heavy atom. The molecule has 0 spiro atoms. The van der Waals surface area contributed by atoms with Gasteiger partial charge in [0.05, 0.1) is 0 Å². The highest BCUT2D eigenvalue weighted by Crippen LogP contribution is 1.88. The molecule has 0 amide bonds. The molecular formula is C9H20ClN. The summed E-state index contributed by atoms with van der Waals surface area (Å²) in [6.45, 7) is 8.65. The van der Waals surface area contributed by atoms with Gasteiger partial charge in [0.15, 0.2) is 0 Å². The minimum atomic E-state index is 0. The van der Waals surface area contributed by atoms with E-state index in [9.17, 15) is 0 Å². The maximum Gasteiger partial charge on any atom is 0.0161 e. The molecule has 0 bridgehead atoms. The predicted molar refractivity (Wildman–Crippen MR) is 54.5 cm³/mol. The van der Waals surface area contributed by atoms with Crippen molar-refractivity contribution in [2.24, 2.45) is 0 Å². The fraction of sp³-hybridized carbons (Fsp3) is 0.778. The van der Waals surface area contributed by atoms with Gasteiger partial charge in [-0.05, 0) is 26.8 Å². The van der Waals surface area contributed by atoms with Crippen LogP contribution >= 0.6 is 12.4 Å². The van der Waals surface area contributed by atoms with Crippen LogP contribution < -0.4 is 5.32 Å². The summed E-state index contributed by atoms with van der Waals surface area (Å²) >= 11 is 0. The van der Waals surface area contributed by atoms with Crippen molar-refractivity contribution in [2.75, 3.05) is 13.1 Å². The molecule has 0 aromatic heterocycles. The number of unbranched alkanes of at least 4 members (excludes halogenated alkanes) is 1. The van der Waals surface area contributed by atoms with E-state index in [4.69, 9.17) is 0 Å². The molecule has 2 heteroatoms. The van der Waals surface area contributed by atoms with Gasteiger partial charge in [0.25, 0.3) is 0 Å². The molecule has 0 saturated heterocycles. The Hall–Kier alpha value is -0.0100. The minimum absolute atomic E-state index is 0. The summed E-state index contributed by atoms with van der Waals surface area (Å²) in [4.78, 5) is 0. The average Bonchev–Trinajstić information content (AvgIpc) is 1.98. The van der Waals surface area contributed by atoms with Crippen LogP contribution in [-0.2, 0) is 0 Å². The number of nitrogens with one attached hydrogen (secondary N) is 1. The van der Waals surface area contributed by atoms with Crippen molar-refractivity contribution >= 4 is 12.4 Å². The van der Waals surface area contributed by atoms with Gasteiger partial charge in [-0.1, -0.05) is 25.0 Å². The smallest absolute Gasteiger partial charge is 0.0161 e. The van der Waals surface area contributed by atoms with Crippen LogP contribution in [0.5, 0.6) is 0 Å². The fourth-order valence-electron chi connectivity index (χ4n) is 0.689. The summed E-state index contributed by atoms with van der Waals surface area (Å²) in [6, 6.07) is 0. The zero-order valence-corrected chi connectivity index (χ0v) is 8.63. The lowest BCUT2D eigenvalue weighted by atomic mass is 10.3. The van der Waals surface area contributed by atoms with Crippen LogP contribution in [0.25, 0.3) is 0 Å². The Labute approximate surface area is 76.7 Å². The first-order valence-electron chi connectivity index (χ1n) is 4.13. The van der Waals surface area contributed by atoms with Gasteiger partial charge in [0.2, 0.25) is 0 Å². The van der Waals surface area contributed by atoms with E-state index < -0.39 is 0 Å². The molecule has 0 radical (unpaired) electrons. The molecule has 0 unspecified atom stereocenters. The van der Waals surface area contributed by atoms with Crippen LogP contribution in [0, 0.1) is 0 Å². The lowest BCUT2D eigenvalue weighted by Crippen LogP contribution is -2.17. The van der Waals surface area contributed by atoms with Crippen LogP contribution in [0.3, 0.4) is 0 Å². The Bertz CT molecular complexity index is 99.7. The predicted octanol–water partition coefficient (Wildman–Crippen LogP) is 2.76. The Balaban J connectivity index is 0. The van der Waals surface area contributed by atoms with Crippen molar-refractivity contribution in [1.82, 2.24) is 5.32 Å². The lowest BCUT2D eigenvalue weighted by Gasteiger charge is -2.02. The minimum Gasteiger partial charge on any atom is -0.313 e. The zero-order valence-electron chi connectivity index (χ0n) is 7.81. The summed E-state index contributed by atoms with van der Waals surface area (Å²) in [6.07, 6.45) is 4.72. The lowest BCUT2D eigenvalue weighted by molar-refractivity contribution is 0.671. The third-order valence-corrected chi connectivity index (χ3v) is 1.60. The molecule has 0 rings (SSSR count). The van der Waals surface area contributed by atoms with Crippen LogP contribution in [0.4, 0.5) is 0 Å². The largest absolute Gasteiger partial charge is 0.313 e. The van der Waals surface area contributed by atoms with E-state index in [0.29, 0.717) is 0 Å². The van der Waals surface area contributed by atoms with Gasteiger partial charge in [0.1, 0.15) is 0 Å². The second kappa shape index (κ2) is 9.99. The summed E-state index contributed by atoms with van der Waals surface area (Å²) in [7, 11) is 0. The molecule has 0 aliphatic rings. The molecule has 0 aliphatic carbocycles. The Morgan fingerprint density at radius 3 is 2.55 bits per heavy atom. The molecule has 0 aromatic rings. The average molecular weight is 178 g/mol. The van der Waals surface area contributed by atoms with E-state index in [2.05, 4.69) is 32.2 Å². The molecule has 0 fully saturated rings. The summed E-state index contributed by atoms with van der Waals surface area (Å²) < 4.78 is 0. The van der Waals surface area contributed by atoms with Crippen LogP contribution in [-0.4, -0.2) is 13.1 Å². The molecule has 0 aromatic carbocycles. The van der Waals surface area contributed by atoms with E-state index in [1.54, 1.807) is 0 Å². The van der Waals surface area contributed by atoms with Gasteiger partial charge >= 0.3 is 0 Å². The highest BCUT2D eigenvalue weighted by molar-refractivity contribution is 5.85. The second-order valence-corrected chi connectivity index (χ2v) is 2.67. The molecule has 0 atom stereocenters. The molecule has 0 heterocycles. The summed E-state index contributed by atoms with van der Waals surface area (Å²) in [5.41, 5.74) is 1.43. The maximum atomic E-state index is 3.37. The quantitative estimate of drug-likeness (QED) is 0.503. The second-order valence-electron chi connectivity index (χ2n) is 2.67. The number of hydrogen-bond acceptors (Lipinski definition) is 1. The fourth-order valence-corrected chi connectivity index (χ4v) is 0.689. The molecule has 0 saturated carbocycles. The number of rotatable bonds is 5. The number of halogens is 1. The van der Waals surface area contributed by atoms with Crippen LogP contribution in [0.15, 0.2) is 11.6 Å². The van der Waals surface area contributed by atoms with E-state index in [1.165, 1.54) is 18.4 Å². The molecule has 68 valence electrons. The van der Waals surface area contributed by atoms with E-state index in [1.807, 2.05) is 0 Å². The molecule has 11 heavy (non-hydrogen) atoms. The van der Waals surface area contributed by atoms with Crippen LogP contribution in [0.1, 0.15) is 33.6 Å². The first-order valence-corrected chi connectivity index (χ1v) is 4.13. The third-order valence-electron chi connectivity index (χ3n) is 1.60. The van der Waals surface area contributed by atoms with Crippen molar-refractivity contribution in [3.63, 3.8) is 0 Å². The first kappa shape index (κ1) is 13.6. The van der Waals surface area contributed by atoms with Crippen molar-refractivity contribution in [1.29, 1.82) is 0 Å². The van der Waals surface area contributed by atoms with Gasteiger partial charge < -0.3 is 5.32 Å². The van der Waals surface area contributed by atoms with Gasteiger partial charge in [0, 0.05) is 6.54 Å². The highest BCUT2D eigenvalue weighted by Gasteiger charge is 1.86. The monoisotopic (exact) mass is 177 g/mol. The number of hydrogen-bond donors (Lipinski definition) is 1. The van der Waals surface area contributed by atoms with Crippen molar-refractivity contribution < 1.29 is 0 Å². The highest BCUT2D eigenvalue weighted by atomic mass is 35.5. The van der Waals surface area contributed by atoms with Crippen molar-refractivity contribution in [3.8, 4) is 0 Å². The normalized spacial score (nSPS) is 11.0. The SMILES string of the molecule is C/C=C(\C)CNCCCC.Cl. The standard InChI is InChI=1S/C9H19N.ClH/c1-4-6-7-10-8-9(3)5-2;/h5,10H,4,6-8H2,1-3H3;1H/b9-5+;. The Morgan fingerprint density at radius 2 is 2.09 bits per heavy atom. The number of allylic oxidation sites excluding steroid dienone is 1. The van der Waals surface area contributed by atoms with E-state index in [0.717, 1.165) is 13.1 Å². The summed E-state index contributed by atoms with van der Waals surface area (Å²) in [5, 5.41) is 3.37. The van der Waals surface area contributed by atoms with Gasteiger partial charge in [-0.25, -0.2) is 0 Å². The summed E-state index contributed by atoms with van der Waals surface area (Å²) in [5.74, 6) is 0. The van der Waals surface area contributed by atoms with E-state index in [-0.39, 0.29) is 12.4 Å². The molecule has 1 N–H and O–H groups in total. The van der Waals surface area contributed by atoms with Crippen molar-refractivity contribution in [2.45, 2.75) is 33.6 Å². The molecular weight excluding hydrogens is 158 g/mol.